The summed E-state index contributed by atoms with van der Waals surface area (Å²) < 4.78 is 34.9. The number of aromatic nitrogens is 1. The Morgan fingerprint density at radius 2 is 1.76 bits per heavy atom. The first kappa shape index (κ1) is 25.7. The van der Waals surface area contributed by atoms with Gasteiger partial charge in [0.15, 0.2) is 5.82 Å². The fourth-order valence-electron chi connectivity index (χ4n) is 3.84. The molecule has 1 atom stereocenters. The summed E-state index contributed by atoms with van der Waals surface area (Å²) in [5.74, 6) is -0.490. The molecule has 1 aromatic heterocycles. The smallest absolute Gasteiger partial charge is 0.305 e. The maximum atomic E-state index is 13.5. The van der Waals surface area contributed by atoms with Gasteiger partial charge in [-0.05, 0) is 53.1 Å². The number of aliphatic carboxylic acids is 1. The minimum absolute atomic E-state index is 0.105. The number of carboxylic acids is 1. The van der Waals surface area contributed by atoms with Crippen LogP contribution in [-0.4, -0.2) is 31.6 Å². The third-order valence-corrected chi connectivity index (χ3v) is 7.12. The molecular weight excluding hydrogens is 492 g/mol. The average Bonchev–Trinajstić information content (AvgIpc) is 2.89. The molecule has 3 aromatic carbocycles. The van der Waals surface area contributed by atoms with Crippen molar-refractivity contribution in [2.24, 2.45) is 0 Å². The lowest BCUT2D eigenvalue weighted by Crippen LogP contribution is -2.30. The number of nitrogens with two attached hydrogens (primary N) is 1. The van der Waals surface area contributed by atoms with Crippen molar-refractivity contribution >= 4 is 33.2 Å². The molecule has 10 heteroatoms. The van der Waals surface area contributed by atoms with Crippen LogP contribution in [0.2, 0.25) is 0 Å². The minimum Gasteiger partial charge on any atom is -0.495 e. The van der Waals surface area contributed by atoms with Crippen molar-refractivity contribution in [2.45, 2.75) is 17.4 Å². The maximum absolute atomic E-state index is 13.5. The summed E-state index contributed by atoms with van der Waals surface area (Å²) in [6.45, 7) is 0. The number of hydrogen-bond acceptors (Lipinski definition) is 7. The zero-order valence-electron chi connectivity index (χ0n) is 20.0. The van der Waals surface area contributed by atoms with E-state index in [1.807, 2.05) is 24.3 Å². The summed E-state index contributed by atoms with van der Waals surface area (Å²) in [7, 11) is -2.79. The molecule has 0 fully saturated rings. The summed E-state index contributed by atoms with van der Waals surface area (Å²) in [4.78, 5) is 15.6. The van der Waals surface area contributed by atoms with Crippen LogP contribution < -0.4 is 20.5 Å². The molecule has 0 amide bonds. The summed E-state index contributed by atoms with van der Waals surface area (Å²) in [6.07, 6.45) is 1.21. The Kier molecular flexibility index (Phi) is 7.71. The Balaban J connectivity index is 1.68. The second-order valence-corrected chi connectivity index (χ2v) is 9.88. The van der Waals surface area contributed by atoms with Crippen molar-refractivity contribution in [3.05, 3.63) is 96.7 Å². The van der Waals surface area contributed by atoms with Crippen molar-refractivity contribution in [2.75, 3.05) is 18.2 Å². The molecule has 0 aliphatic heterocycles. The molecule has 9 nitrogen and oxygen atoms in total. The lowest BCUT2D eigenvalue weighted by molar-refractivity contribution is -0.137. The number of benzene rings is 3. The third-order valence-electron chi connectivity index (χ3n) is 5.63. The van der Waals surface area contributed by atoms with Crippen LogP contribution in [0.25, 0.3) is 11.1 Å². The number of methoxy groups -OCH3 is 1. The predicted octanol–water partition coefficient (Wildman–Crippen LogP) is 4.58. The monoisotopic (exact) mass is 518 g/mol. The highest BCUT2D eigenvalue weighted by atomic mass is 32.2. The van der Waals surface area contributed by atoms with Crippen molar-refractivity contribution in [3.8, 4) is 16.9 Å². The fraction of sp³-hybridized carbons (Fsp3) is 0.111. The van der Waals surface area contributed by atoms with Gasteiger partial charge < -0.3 is 20.9 Å². The summed E-state index contributed by atoms with van der Waals surface area (Å²) >= 11 is 0. The van der Waals surface area contributed by atoms with Gasteiger partial charge in [0.1, 0.15) is 10.6 Å². The van der Waals surface area contributed by atoms with Gasteiger partial charge in [-0.25, -0.2) is 18.1 Å². The van der Waals surface area contributed by atoms with E-state index in [9.17, 15) is 18.3 Å². The number of nitrogens with one attached hydrogen (secondary N) is 2. The summed E-state index contributed by atoms with van der Waals surface area (Å²) in [6, 6.07) is 23.2. The Hall–Kier alpha value is -4.41. The topological polar surface area (TPSA) is 144 Å². The van der Waals surface area contributed by atoms with Gasteiger partial charge in [0.25, 0.3) is 0 Å². The van der Waals surface area contributed by atoms with E-state index in [0.717, 1.165) is 5.56 Å². The number of hydrogen-bond donors (Lipinski definition) is 4. The van der Waals surface area contributed by atoms with Crippen molar-refractivity contribution in [3.63, 3.8) is 0 Å². The number of rotatable bonds is 10. The predicted molar refractivity (Wildman–Crippen MR) is 142 cm³/mol. The van der Waals surface area contributed by atoms with Crippen LogP contribution in [0.3, 0.4) is 0 Å². The molecule has 5 N–H and O–H groups in total. The van der Waals surface area contributed by atoms with E-state index in [2.05, 4.69) is 15.0 Å². The molecule has 190 valence electrons. The first-order valence-electron chi connectivity index (χ1n) is 11.3. The molecule has 0 saturated carbocycles. The van der Waals surface area contributed by atoms with Crippen molar-refractivity contribution < 1.29 is 23.1 Å². The maximum Gasteiger partial charge on any atom is 0.305 e. The molecule has 4 aromatic rings. The van der Waals surface area contributed by atoms with Gasteiger partial charge in [-0.2, -0.15) is 0 Å². The third kappa shape index (κ3) is 6.24. The number of sulfonamides is 1. The molecule has 0 bridgehead atoms. The van der Waals surface area contributed by atoms with E-state index in [0.29, 0.717) is 28.3 Å². The number of ether oxygens (including phenoxy) is 1. The molecular formula is C27H26N4O5S. The number of pyridine rings is 1. The highest BCUT2D eigenvalue weighted by molar-refractivity contribution is 7.89. The molecule has 1 heterocycles. The number of carbonyl (C=O) groups is 1. The van der Waals surface area contributed by atoms with E-state index >= 15 is 0 Å². The van der Waals surface area contributed by atoms with Gasteiger partial charge in [0.05, 0.1) is 25.3 Å². The van der Waals surface area contributed by atoms with Crippen LogP contribution in [0.4, 0.5) is 17.2 Å². The zero-order valence-corrected chi connectivity index (χ0v) is 20.8. The lowest BCUT2D eigenvalue weighted by Gasteiger charge is -2.19. The molecule has 0 spiro atoms. The fourth-order valence-corrected chi connectivity index (χ4v) is 5.26. The Morgan fingerprint density at radius 1 is 1.00 bits per heavy atom. The van der Waals surface area contributed by atoms with E-state index in [1.54, 1.807) is 60.8 Å². The van der Waals surface area contributed by atoms with Gasteiger partial charge in [-0.3, -0.25) is 4.79 Å². The first-order valence-corrected chi connectivity index (χ1v) is 12.8. The zero-order chi connectivity index (χ0) is 26.4. The normalized spacial score (nSPS) is 12.0. The summed E-state index contributed by atoms with van der Waals surface area (Å²) in [5.41, 5.74) is 9.08. The number of nitrogens with zero attached hydrogens (tertiary/aromatic N) is 1. The number of carboxylic acid groups (broad SMARTS) is 1. The van der Waals surface area contributed by atoms with Crippen LogP contribution in [0.1, 0.15) is 18.0 Å². The second kappa shape index (κ2) is 11.1. The number of anilines is 3. The SMILES string of the molecule is COc1ccc(-c2cccc(Nc3ncccc3N)c2)cc1S(=O)(=O)NC(CC(=O)O)c1ccccc1. The van der Waals surface area contributed by atoms with Crippen molar-refractivity contribution in [1.82, 2.24) is 9.71 Å². The second-order valence-electron chi connectivity index (χ2n) is 8.20. The van der Waals surface area contributed by atoms with E-state index < -0.39 is 28.5 Å². The molecule has 0 aliphatic rings. The van der Waals surface area contributed by atoms with E-state index in [1.165, 1.54) is 13.2 Å². The first-order chi connectivity index (χ1) is 17.8. The van der Waals surface area contributed by atoms with Crippen LogP contribution in [0.15, 0.2) is 96.0 Å². The van der Waals surface area contributed by atoms with Crippen LogP contribution >= 0.6 is 0 Å². The quantitative estimate of drug-likeness (QED) is 0.239. The van der Waals surface area contributed by atoms with Crippen molar-refractivity contribution in [1.29, 1.82) is 0 Å². The highest BCUT2D eigenvalue weighted by Crippen LogP contribution is 2.33. The largest absolute Gasteiger partial charge is 0.495 e. The van der Waals surface area contributed by atoms with Crippen LogP contribution in [0, 0.1) is 0 Å². The minimum atomic E-state index is -4.17. The van der Waals surface area contributed by atoms with E-state index in [-0.39, 0.29) is 10.6 Å². The molecule has 0 aliphatic carbocycles. The Labute approximate surface area is 215 Å². The standard InChI is InChI=1S/C27H26N4O5S/c1-36-24-13-12-20(19-9-5-10-21(15-19)30-27-22(28)11-6-14-29-27)16-25(24)37(34,35)31-23(17-26(32)33)18-7-3-2-4-8-18/h2-16,23,31H,17,28H2,1H3,(H,29,30)(H,32,33). The molecule has 1 unspecified atom stereocenters. The van der Waals surface area contributed by atoms with Gasteiger partial charge in [-0.1, -0.05) is 48.5 Å². The van der Waals surface area contributed by atoms with Crippen LogP contribution in [-0.2, 0) is 14.8 Å². The highest BCUT2D eigenvalue weighted by Gasteiger charge is 2.26. The Bertz CT molecular complexity index is 1510. The van der Waals surface area contributed by atoms with Crippen LogP contribution in [0.5, 0.6) is 5.75 Å². The van der Waals surface area contributed by atoms with Gasteiger partial charge >= 0.3 is 5.97 Å². The molecule has 37 heavy (non-hydrogen) atoms. The molecule has 0 radical (unpaired) electrons. The lowest BCUT2D eigenvalue weighted by atomic mass is 10.0. The molecule has 0 saturated heterocycles. The summed E-state index contributed by atoms with van der Waals surface area (Å²) in [5, 5.41) is 12.5. The van der Waals surface area contributed by atoms with Gasteiger partial charge in [0.2, 0.25) is 10.0 Å². The average molecular weight is 519 g/mol. The number of nitrogen functional groups attached to an aromatic ring is 1. The van der Waals surface area contributed by atoms with Gasteiger partial charge in [-0.15, -0.1) is 0 Å². The molecule has 4 rings (SSSR count). The Morgan fingerprint density at radius 3 is 2.46 bits per heavy atom. The van der Waals surface area contributed by atoms with Gasteiger partial charge in [0, 0.05) is 11.9 Å². The van der Waals surface area contributed by atoms with E-state index in [4.69, 9.17) is 10.5 Å².